The maximum absolute atomic E-state index is 5.15. The molecule has 0 spiro atoms. The molecule has 0 radical (unpaired) electrons. The zero-order chi connectivity index (χ0) is 13.8. The van der Waals surface area contributed by atoms with Crippen molar-refractivity contribution in [2.75, 3.05) is 7.11 Å². The van der Waals surface area contributed by atoms with Crippen LogP contribution in [0.15, 0.2) is 24.3 Å². The fraction of sp³-hybridized carbons (Fsp3) is 0.462. The van der Waals surface area contributed by atoms with E-state index in [2.05, 4.69) is 39.9 Å². The van der Waals surface area contributed by atoms with E-state index in [1.54, 1.807) is 11.8 Å². The van der Waals surface area contributed by atoms with Crippen molar-refractivity contribution in [1.82, 2.24) is 25.5 Å². The fourth-order valence-corrected chi connectivity index (χ4v) is 2.04. The van der Waals surface area contributed by atoms with Crippen LogP contribution in [0, 0.1) is 0 Å². The van der Waals surface area contributed by atoms with Crippen molar-refractivity contribution in [3.63, 3.8) is 0 Å². The predicted octanol–water partition coefficient (Wildman–Crippen LogP) is 1.63. The Labute approximate surface area is 112 Å². The molecule has 0 fully saturated rings. The third-order valence-electron chi connectivity index (χ3n) is 3.16. The van der Waals surface area contributed by atoms with Gasteiger partial charge in [0, 0.05) is 13.1 Å². The van der Waals surface area contributed by atoms with Crippen molar-refractivity contribution in [2.45, 2.75) is 25.9 Å². The average Bonchev–Trinajstić information content (AvgIpc) is 2.85. The van der Waals surface area contributed by atoms with Crippen LogP contribution in [0.5, 0.6) is 5.75 Å². The summed E-state index contributed by atoms with van der Waals surface area (Å²) in [6.07, 6.45) is 0. The maximum Gasteiger partial charge on any atom is 0.167 e. The first-order valence-electron chi connectivity index (χ1n) is 6.24. The lowest BCUT2D eigenvalue weighted by molar-refractivity contribution is 0.414. The summed E-state index contributed by atoms with van der Waals surface area (Å²) in [6.45, 7) is 4.16. The molecule has 0 aliphatic rings. The van der Waals surface area contributed by atoms with Gasteiger partial charge in [-0.25, -0.2) is 4.68 Å². The summed E-state index contributed by atoms with van der Waals surface area (Å²) >= 11 is 0. The van der Waals surface area contributed by atoms with Crippen LogP contribution in [0.3, 0.4) is 0 Å². The predicted molar refractivity (Wildman–Crippen MR) is 71.8 cm³/mol. The molecule has 6 heteroatoms. The first-order valence-corrected chi connectivity index (χ1v) is 6.24. The number of tetrazole rings is 1. The molecule has 2 aromatic rings. The smallest absolute Gasteiger partial charge is 0.167 e. The summed E-state index contributed by atoms with van der Waals surface area (Å²) in [6, 6.07) is 8.31. The van der Waals surface area contributed by atoms with Gasteiger partial charge in [0.25, 0.3) is 0 Å². The third-order valence-corrected chi connectivity index (χ3v) is 3.16. The normalized spacial score (nSPS) is 14.1. The van der Waals surface area contributed by atoms with Crippen LogP contribution in [0.1, 0.15) is 37.3 Å². The standard InChI is InChI=1S/C13H19N5O/c1-9(11-5-7-12(19-4)8-6-11)14-10(2)13-15-16-17-18(13)3/h5-10,14H,1-4H3/t9-,10-/m1/s1. The van der Waals surface area contributed by atoms with Crippen LogP contribution in [0.2, 0.25) is 0 Å². The summed E-state index contributed by atoms with van der Waals surface area (Å²) < 4.78 is 6.83. The Morgan fingerprint density at radius 3 is 2.37 bits per heavy atom. The molecular weight excluding hydrogens is 242 g/mol. The number of nitrogens with one attached hydrogen (secondary N) is 1. The number of benzene rings is 1. The van der Waals surface area contributed by atoms with E-state index < -0.39 is 0 Å². The number of hydrogen-bond donors (Lipinski definition) is 1. The number of methoxy groups -OCH3 is 1. The number of aromatic nitrogens is 4. The summed E-state index contributed by atoms with van der Waals surface area (Å²) in [5, 5.41) is 15.0. The largest absolute Gasteiger partial charge is 0.497 e. The average molecular weight is 261 g/mol. The van der Waals surface area contributed by atoms with E-state index in [0.29, 0.717) is 0 Å². The van der Waals surface area contributed by atoms with Gasteiger partial charge in [0.2, 0.25) is 0 Å². The second-order valence-corrected chi connectivity index (χ2v) is 4.54. The number of aryl methyl sites for hydroxylation is 1. The third kappa shape index (κ3) is 3.08. The van der Waals surface area contributed by atoms with Crippen LogP contribution >= 0.6 is 0 Å². The molecule has 1 aromatic heterocycles. The molecule has 0 saturated heterocycles. The second kappa shape index (κ2) is 5.79. The minimum absolute atomic E-state index is 0.0806. The van der Waals surface area contributed by atoms with E-state index in [9.17, 15) is 0 Å². The van der Waals surface area contributed by atoms with Gasteiger partial charge in [-0.05, 0) is 42.0 Å². The summed E-state index contributed by atoms with van der Waals surface area (Å²) in [4.78, 5) is 0. The highest BCUT2D eigenvalue weighted by atomic mass is 16.5. The molecule has 2 rings (SSSR count). The SMILES string of the molecule is COc1ccc([C@@H](C)N[C@H](C)c2nnnn2C)cc1. The van der Waals surface area contributed by atoms with Gasteiger partial charge < -0.3 is 10.1 Å². The fourth-order valence-electron chi connectivity index (χ4n) is 2.04. The molecule has 0 aliphatic carbocycles. The molecule has 1 aromatic carbocycles. The molecule has 0 bridgehead atoms. The number of nitrogens with zero attached hydrogens (tertiary/aromatic N) is 4. The lowest BCUT2D eigenvalue weighted by Gasteiger charge is -2.19. The van der Waals surface area contributed by atoms with Crippen molar-refractivity contribution in [2.24, 2.45) is 7.05 Å². The van der Waals surface area contributed by atoms with Crippen LogP contribution in [-0.4, -0.2) is 27.3 Å². The number of hydrogen-bond acceptors (Lipinski definition) is 5. The van der Waals surface area contributed by atoms with Crippen LogP contribution in [-0.2, 0) is 7.05 Å². The van der Waals surface area contributed by atoms with Gasteiger partial charge in [0.15, 0.2) is 5.82 Å². The number of ether oxygens (including phenoxy) is 1. The van der Waals surface area contributed by atoms with Crippen LogP contribution < -0.4 is 10.1 Å². The Balaban J connectivity index is 2.04. The minimum atomic E-state index is 0.0806. The molecule has 1 N–H and O–H groups in total. The lowest BCUT2D eigenvalue weighted by atomic mass is 10.1. The molecule has 0 unspecified atom stereocenters. The molecule has 102 valence electrons. The van der Waals surface area contributed by atoms with Crippen LogP contribution in [0.25, 0.3) is 0 Å². The van der Waals surface area contributed by atoms with E-state index in [-0.39, 0.29) is 12.1 Å². The summed E-state index contributed by atoms with van der Waals surface area (Å²) in [7, 11) is 3.51. The Bertz CT molecular complexity index is 522. The molecule has 0 aliphatic heterocycles. The van der Waals surface area contributed by atoms with E-state index >= 15 is 0 Å². The summed E-state index contributed by atoms with van der Waals surface area (Å²) in [5.41, 5.74) is 1.20. The molecule has 0 amide bonds. The molecule has 2 atom stereocenters. The van der Waals surface area contributed by atoms with E-state index in [1.165, 1.54) is 5.56 Å². The van der Waals surface area contributed by atoms with E-state index in [0.717, 1.165) is 11.6 Å². The highest BCUT2D eigenvalue weighted by molar-refractivity contribution is 5.28. The van der Waals surface area contributed by atoms with Crippen molar-refractivity contribution in [3.05, 3.63) is 35.7 Å². The van der Waals surface area contributed by atoms with Gasteiger partial charge in [-0.2, -0.15) is 0 Å². The lowest BCUT2D eigenvalue weighted by Crippen LogP contribution is -2.24. The monoisotopic (exact) mass is 261 g/mol. The van der Waals surface area contributed by atoms with Crippen LogP contribution in [0.4, 0.5) is 0 Å². The summed E-state index contributed by atoms with van der Waals surface area (Å²) in [5.74, 6) is 1.68. The highest BCUT2D eigenvalue weighted by Gasteiger charge is 2.15. The molecular formula is C13H19N5O. The van der Waals surface area contributed by atoms with Crippen molar-refractivity contribution in [1.29, 1.82) is 0 Å². The van der Waals surface area contributed by atoms with Crippen molar-refractivity contribution >= 4 is 0 Å². The Hall–Kier alpha value is -1.95. The van der Waals surface area contributed by atoms with Gasteiger partial charge in [-0.3, -0.25) is 0 Å². The molecule has 6 nitrogen and oxygen atoms in total. The van der Waals surface area contributed by atoms with Gasteiger partial charge in [-0.15, -0.1) is 5.10 Å². The van der Waals surface area contributed by atoms with Gasteiger partial charge in [-0.1, -0.05) is 12.1 Å². The van der Waals surface area contributed by atoms with Gasteiger partial charge in [0.05, 0.1) is 13.2 Å². The van der Waals surface area contributed by atoms with E-state index in [4.69, 9.17) is 4.74 Å². The molecule has 1 heterocycles. The van der Waals surface area contributed by atoms with Crippen molar-refractivity contribution in [3.8, 4) is 5.75 Å². The molecule has 19 heavy (non-hydrogen) atoms. The minimum Gasteiger partial charge on any atom is -0.497 e. The Morgan fingerprint density at radius 2 is 1.84 bits per heavy atom. The van der Waals surface area contributed by atoms with Crippen molar-refractivity contribution < 1.29 is 4.74 Å². The Morgan fingerprint density at radius 1 is 1.16 bits per heavy atom. The number of rotatable bonds is 5. The first kappa shape index (κ1) is 13.5. The zero-order valence-corrected chi connectivity index (χ0v) is 11.7. The first-order chi connectivity index (χ1) is 9.11. The maximum atomic E-state index is 5.15. The van der Waals surface area contributed by atoms with E-state index in [1.807, 2.05) is 26.1 Å². The molecule has 0 saturated carbocycles. The van der Waals surface area contributed by atoms with Gasteiger partial charge >= 0.3 is 0 Å². The van der Waals surface area contributed by atoms with Gasteiger partial charge in [0.1, 0.15) is 5.75 Å². The Kier molecular flexibility index (Phi) is 4.11. The quantitative estimate of drug-likeness (QED) is 0.886. The highest BCUT2D eigenvalue weighted by Crippen LogP contribution is 2.20. The zero-order valence-electron chi connectivity index (χ0n) is 11.7. The second-order valence-electron chi connectivity index (χ2n) is 4.54. The topological polar surface area (TPSA) is 64.9 Å².